The molecule has 5 heteroatoms. The molecule has 204 valence electrons. The molecule has 2 aromatic heterocycles. The van der Waals surface area contributed by atoms with Gasteiger partial charge in [-0.15, -0.1) is 0 Å². The lowest BCUT2D eigenvalue weighted by atomic mass is 10.0. The summed E-state index contributed by atoms with van der Waals surface area (Å²) in [5.41, 5.74) is 6.26. The Morgan fingerprint density at radius 2 is 0.907 bits per heavy atom. The Morgan fingerprint density at radius 3 is 1.63 bits per heavy atom. The van der Waals surface area contributed by atoms with Gasteiger partial charge in [-0.1, -0.05) is 91.0 Å². The van der Waals surface area contributed by atoms with Gasteiger partial charge in [0.2, 0.25) is 0 Å². The molecular formula is C38H25N3O2. The van der Waals surface area contributed by atoms with Crippen LogP contribution in [0.2, 0.25) is 0 Å². The molecule has 0 amide bonds. The smallest absolute Gasteiger partial charge is 0.309 e. The van der Waals surface area contributed by atoms with Crippen LogP contribution in [0.3, 0.4) is 0 Å². The second kappa shape index (κ2) is 9.86. The summed E-state index contributed by atoms with van der Waals surface area (Å²) in [7, 11) is 0. The van der Waals surface area contributed by atoms with Crippen molar-refractivity contribution in [3.05, 3.63) is 172 Å². The van der Waals surface area contributed by atoms with E-state index in [9.17, 15) is 9.59 Å². The van der Waals surface area contributed by atoms with Crippen LogP contribution < -0.4 is 11.2 Å². The number of nitrogens with zero attached hydrogens (tertiary/aromatic N) is 3. The van der Waals surface area contributed by atoms with Gasteiger partial charge < -0.3 is 4.57 Å². The number of fused-ring (bicyclic) bond motifs is 4. The normalized spacial score (nSPS) is 11.4. The van der Waals surface area contributed by atoms with Gasteiger partial charge in [-0.25, -0.2) is 9.36 Å². The molecule has 0 fully saturated rings. The van der Waals surface area contributed by atoms with Crippen LogP contribution in [-0.2, 0) is 0 Å². The van der Waals surface area contributed by atoms with Crippen molar-refractivity contribution in [3.8, 4) is 28.2 Å². The van der Waals surface area contributed by atoms with E-state index in [-0.39, 0.29) is 5.56 Å². The minimum Gasteiger partial charge on any atom is -0.309 e. The highest BCUT2D eigenvalue weighted by molar-refractivity contribution is 6.10. The minimum atomic E-state index is -0.409. The van der Waals surface area contributed by atoms with Gasteiger partial charge in [0.05, 0.1) is 33.3 Å². The standard InChI is InChI=1S/C38H25N3O2/c42-37-33-25-30(21-23-36(33)40(28-14-6-2-7-15-28)38(43)41(37)29-16-8-3-9-17-29)39-34-19-11-10-18-31(34)32-24-27(20-22-35(32)39)26-12-4-1-5-13-26/h1-25H. The lowest BCUT2D eigenvalue weighted by Crippen LogP contribution is -2.38. The summed E-state index contributed by atoms with van der Waals surface area (Å²) < 4.78 is 5.08. The highest BCUT2D eigenvalue weighted by Crippen LogP contribution is 2.35. The SMILES string of the molecule is O=c1c2cc(-n3c4ccccc4c4cc(-c5ccccc5)ccc43)ccc2n(-c2ccccc2)c(=O)n1-c1ccccc1. The van der Waals surface area contributed by atoms with Gasteiger partial charge in [-0.05, 0) is 71.8 Å². The molecule has 8 rings (SSSR count). The Labute approximate surface area is 246 Å². The maximum atomic E-state index is 14.1. The van der Waals surface area contributed by atoms with E-state index in [0.29, 0.717) is 22.3 Å². The first-order valence-electron chi connectivity index (χ1n) is 14.2. The number of aromatic nitrogens is 3. The average Bonchev–Trinajstić information content (AvgIpc) is 3.40. The molecule has 0 bridgehead atoms. The molecule has 0 spiro atoms. The van der Waals surface area contributed by atoms with Crippen molar-refractivity contribution in [1.29, 1.82) is 0 Å². The number of hydrogen-bond acceptors (Lipinski definition) is 2. The lowest BCUT2D eigenvalue weighted by Gasteiger charge is -2.16. The van der Waals surface area contributed by atoms with Crippen LogP contribution in [0.1, 0.15) is 0 Å². The molecule has 0 N–H and O–H groups in total. The van der Waals surface area contributed by atoms with Crippen molar-refractivity contribution in [2.24, 2.45) is 0 Å². The predicted molar refractivity (Wildman–Crippen MR) is 175 cm³/mol. The van der Waals surface area contributed by atoms with Gasteiger partial charge in [0.1, 0.15) is 0 Å². The van der Waals surface area contributed by atoms with Crippen LogP contribution in [0.25, 0.3) is 60.9 Å². The number of hydrogen-bond donors (Lipinski definition) is 0. The summed E-state index contributed by atoms with van der Waals surface area (Å²) in [6.07, 6.45) is 0. The van der Waals surface area contributed by atoms with E-state index < -0.39 is 5.69 Å². The molecule has 0 aliphatic heterocycles. The molecule has 0 aliphatic rings. The Balaban J connectivity index is 1.44. The van der Waals surface area contributed by atoms with E-state index in [1.165, 1.54) is 4.57 Å². The summed E-state index contributed by atoms with van der Waals surface area (Å²) in [6, 6.07) is 49.6. The first-order chi connectivity index (χ1) is 21.2. The molecule has 6 aromatic carbocycles. The number of para-hydroxylation sites is 3. The predicted octanol–water partition coefficient (Wildman–Crippen LogP) is 7.91. The zero-order valence-corrected chi connectivity index (χ0v) is 23.1. The van der Waals surface area contributed by atoms with Gasteiger partial charge >= 0.3 is 5.69 Å². The van der Waals surface area contributed by atoms with E-state index in [2.05, 4.69) is 65.2 Å². The Bertz CT molecular complexity index is 2420. The number of rotatable bonds is 4. The van der Waals surface area contributed by atoms with E-state index in [4.69, 9.17) is 0 Å². The summed E-state index contributed by atoms with van der Waals surface area (Å²) >= 11 is 0. The van der Waals surface area contributed by atoms with Gasteiger partial charge in [-0.2, -0.15) is 0 Å². The second-order valence-corrected chi connectivity index (χ2v) is 10.6. The van der Waals surface area contributed by atoms with Crippen molar-refractivity contribution in [2.75, 3.05) is 0 Å². The van der Waals surface area contributed by atoms with Crippen molar-refractivity contribution in [2.45, 2.75) is 0 Å². The Hall–Kier alpha value is -5.94. The largest absolute Gasteiger partial charge is 0.340 e. The minimum absolute atomic E-state index is 0.354. The van der Waals surface area contributed by atoms with Crippen LogP contribution in [0.15, 0.2) is 161 Å². The monoisotopic (exact) mass is 555 g/mol. The summed E-state index contributed by atoms with van der Waals surface area (Å²) in [6.45, 7) is 0. The molecule has 0 saturated carbocycles. The average molecular weight is 556 g/mol. The molecule has 0 saturated heterocycles. The van der Waals surface area contributed by atoms with E-state index >= 15 is 0 Å². The topological polar surface area (TPSA) is 48.9 Å². The highest BCUT2D eigenvalue weighted by Gasteiger charge is 2.18. The quantitative estimate of drug-likeness (QED) is 0.222. The lowest BCUT2D eigenvalue weighted by molar-refractivity contribution is 0.834. The van der Waals surface area contributed by atoms with Crippen LogP contribution >= 0.6 is 0 Å². The van der Waals surface area contributed by atoms with Gasteiger partial charge in [0.15, 0.2) is 0 Å². The third-order valence-corrected chi connectivity index (χ3v) is 8.10. The fourth-order valence-corrected chi connectivity index (χ4v) is 6.13. The fraction of sp³-hybridized carbons (Fsp3) is 0. The molecule has 0 atom stereocenters. The first-order valence-corrected chi connectivity index (χ1v) is 14.2. The first kappa shape index (κ1) is 24.8. The molecule has 5 nitrogen and oxygen atoms in total. The van der Waals surface area contributed by atoms with E-state index in [0.717, 1.165) is 38.6 Å². The summed E-state index contributed by atoms with van der Waals surface area (Å²) in [5, 5.41) is 2.72. The highest BCUT2D eigenvalue weighted by atomic mass is 16.2. The zero-order chi connectivity index (χ0) is 28.9. The molecule has 2 heterocycles. The molecular weight excluding hydrogens is 530 g/mol. The fourth-order valence-electron chi connectivity index (χ4n) is 6.13. The third-order valence-electron chi connectivity index (χ3n) is 8.10. The molecule has 0 aliphatic carbocycles. The Kier molecular flexibility index (Phi) is 5.69. The second-order valence-electron chi connectivity index (χ2n) is 10.6. The molecule has 8 aromatic rings. The van der Waals surface area contributed by atoms with Crippen molar-refractivity contribution in [3.63, 3.8) is 0 Å². The van der Waals surface area contributed by atoms with Crippen molar-refractivity contribution < 1.29 is 0 Å². The third kappa shape index (κ3) is 3.94. The molecule has 43 heavy (non-hydrogen) atoms. The van der Waals surface area contributed by atoms with Crippen molar-refractivity contribution in [1.82, 2.24) is 13.7 Å². The number of benzene rings is 6. The Morgan fingerprint density at radius 1 is 0.349 bits per heavy atom. The zero-order valence-electron chi connectivity index (χ0n) is 23.1. The van der Waals surface area contributed by atoms with Crippen LogP contribution in [0, 0.1) is 0 Å². The summed E-state index contributed by atoms with van der Waals surface area (Å²) in [5.74, 6) is 0. The van der Waals surface area contributed by atoms with Gasteiger partial charge in [0, 0.05) is 16.5 Å². The van der Waals surface area contributed by atoms with Crippen LogP contribution in [0.4, 0.5) is 0 Å². The van der Waals surface area contributed by atoms with Crippen LogP contribution in [-0.4, -0.2) is 13.7 Å². The summed E-state index contributed by atoms with van der Waals surface area (Å²) in [4.78, 5) is 28.1. The maximum absolute atomic E-state index is 14.1. The van der Waals surface area contributed by atoms with Crippen molar-refractivity contribution >= 4 is 32.7 Å². The van der Waals surface area contributed by atoms with Gasteiger partial charge in [0.25, 0.3) is 5.56 Å². The van der Waals surface area contributed by atoms with E-state index in [1.807, 2.05) is 78.9 Å². The maximum Gasteiger partial charge on any atom is 0.340 e. The van der Waals surface area contributed by atoms with Gasteiger partial charge in [-0.3, -0.25) is 9.36 Å². The van der Waals surface area contributed by atoms with E-state index in [1.54, 1.807) is 16.7 Å². The van der Waals surface area contributed by atoms with Crippen LogP contribution in [0.5, 0.6) is 0 Å². The molecule has 0 radical (unpaired) electrons. The molecule has 0 unspecified atom stereocenters.